The highest BCUT2D eigenvalue weighted by atomic mass is 15.0. The largest absolute Gasteiger partial charge is 0.347 e. The lowest BCUT2D eigenvalue weighted by Gasteiger charge is -2.39. The summed E-state index contributed by atoms with van der Waals surface area (Å²) in [7, 11) is 0. The second-order valence-corrected chi connectivity index (χ2v) is 5.95. The van der Waals surface area contributed by atoms with Gasteiger partial charge in [0.05, 0.1) is 6.33 Å². The first kappa shape index (κ1) is 11.6. The van der Waals surface area contributed by atoms with Crippen molar-refractivity contribution in [2.75, 3.05) is 0 Å². The molecular formula is C13H23N3. The van der Waals surface area contributed by atoms with Crippen molar-refractivity contribution in [3.05, 3.63) is 18.2 Å². The van der Waals surface area contributed by atoms with E-state index in [1.54, 1.807) is 6.33 Å². The molecule has 0 bridgehead atoms. The van der Waals surface area contributed by atoms with E-state index in [1.807, 2.05) is 6.20 Å². The van der Waals surface area contributed by atoms with Crippen LogP contribution in [0.25, 0.3) is 0 Å². The molecule has 0 aromatic carbocycles. The van der Waals surface area contributed by atoms with Crippen molar-refractivity contribution >= 4 is 0 Å². The zero-order valence-corrected chi connectivity index (χ0v) is 10.6. The summed E-state index contributed by atoms with van der Waals surface area (Å²) in [5.41, 5.74) is 1.71. The summed E-state index contributed by atoms with van der Waals surface area (Å²) in [5, 5.41) is 3.64. The van der Waals surface area contributed by atoms with Crippen molar-refractivity contribution in [3.63, 3.8) is 0 Å². The Kier molecular flexibility index (Phi) is 3.33. The molecule has 1 fully saturated rings. The van der Waals surface area contributed by atoms with Crippen LogP contribution in [0.4, 0.5) is 0 Å². The molecular weight excluding hydrogens is 198 g/mol. The zero-order valence-electron chi connectivity index (χ0n) is 10.6. The fourth-order valence-corrected chi connectivity index (χ4v) is 2.87. The molecule has 2 unspecified atom stereocenters. The van der Waals surface area contributed by atoms with Crippen LogP contribution in [0.1, 0.15) is 45.7 Å². The van der Waals surface area contributed by atoms with Crippen LogP contribution in [0.3, 0.4) is 0 Å². The van der Waals surface area contributed by atoms with Gasteiger partial charge in [0, 0.05) is 24.5 Å². The average molecular weight is 221 g/mol. The van der Waals surface area contributed by atoms with Crippen LogP contribution >= 0.6 is 0 Å². The van der Waals surface area contributed by atoms with Gasteiger partial charge in [-0.3, -0.25) is 0 Å². The summed E-state index contributed by atoms with van der Waals surface area (Å²) in [6.07, 6.45) is 7.59. The maximum Gasteiger partial charge on any atom is 0.0922 e. The summed E-state index contributed by atoms with van der Waals surface area (Å²) >= 11 is 0. The van der Waals surface area contributed by atoms with Gasteiger partial charge in [-0.1, -0.05) is 20.8 Å². The van der Waals surface area contributed by atoms with Gasteiger partial charge < -0.3 is 10.3 Å². The van der Waals surface area contributed by atoms with Gasteiger partial charge in [0.1, 0.15) is 0 Å². The molecule has 3 heteroatoms. The molecule has 2 rings (SSSR count). The fourth-order valence-electron chi connectivity index (χ4n) is 2.87. The van der Waals surface area contributed by atoms with E-state index in [0.717, 1.165) is 12.5 Å². The molecule has 90 valence electrons. The maximum absolute atomic E-state index is 4.03. The zero-order chi connectivity index (χ0) is 11.6. The number of hydrogen-bond acceptors (Lipinski definition) is 2. The van der Waals surface area contributed by atoms with Gasteiger partial charge in [-0.2, -0.15) is 0 Å². The minimum atomic E-state index is 0.533. The molecule has 2 atom stereocenters. The van der Waals surface area contributed by atoms with Crippen LogP contribution in [-0.4, -0.2) is 16.0 Å². The molecule has 3 nitrogen and oxygen atoms in total. The highest BCUT2D eigenvalue weighted by molar-refractivity contribution is 4.95. The third-order valence-electron chi connectivity index (χ3n) is 3.80. The quantitative estimate of drug-likeness (QED) is 0.824. The van der Waals surface area contributed by atoms with Crippen molar-refractivity contribution in [1.82, 2.24) is 15.3 Å². The lowest BCUT2D eigenvalue weighted by atomic mass is 9.70. The highest BCUT2D eigenvalue weighted by Gasteiger charge is 2.31. The second-order valence-electron chi connectivity index (χ2n) is 5.95. The third kappa shape index (κ3) is 2.85. The molecule has 2 N–H and O–H groups in total. The van der Waals surface area contributed by atoms with Crippen molar-refractivity contribution in [3.8, 4) is 0 Å². The van der Waals surface area contributed by atoms with Gasteiger partial charge in [0.2, 0.25) is 0 Å². The number of rotatable bonds is 3. The van der Waals surface area contributed by atoms with E-state index in [-0.39, 0.29) is 0 Å². The number of aromatic amines is 1. The van der Waals surface area contributed by atoms with E-state index in [0.29, 0.717) is 11.5 Å². The van der Waals surface area contributed by atoms with Gasteiger partial charge in [-0.05, 0) is 30.6 Å². The molecule has 1 heterocycles. The predicted octanol–water partition coefficient (Wildman–Crippen LogP) is 2.71. The van der Waals surface area contributed by atoms with E-state index in [9.17, 15) is 0 Å². The third-order valence-corrected chi connectivity index (χ3v) is 3.80. The summed E-state index contributed by atoms with van der Waals surface area (Å²) in [5.74, 6) is 0.770. The van der Waals surface area contributed by atoms with E-state index in [1.165, 1.54) is 25.0 Å². The Hall–Kier alpha value is -0.830. The smallest absolute Gasteiger partial charge is 0.0922 e. The average Bonchev–Trinajstić information content (AvgIpc) is 2.68. The van der Waals surface area contributed by atoms with E-state index < -0.39 is 0 Å². The molecule has 1 aliphatic carbocycles. The van der Waals surface area contributed by atoms with E-state index in [2.05, 4.69) is 36.1 Å². The molecule has 1 aromatic heterocycles. The van der Waals surface area contributed by atoms with Gasteiger partial charge in [-0.25, -0.2) is 4.98 Å². The fraction of sp³-hybridized carbons (Fsp3) is 0.769. The van der Waals surface area contributed by atoms with Crippen molar-refractivity contribution in [2.24, 2.45) is 11.3 Å². The Balaban J connectivity index is 1.83. The van der Waals surface area contributed by atoms with Crippen molar-refractivity contribution in [2.45, 2.75) is 52.6 Å². The summed E-state index contributed by atoms with van der Waals surface area (Å²) in [6.45, 7) is 8.05. The van der Waals surface area contributed by atoms with Crippen molar-refractivity contribution in [1.29, 1.82) is 0 Å². The van der Waals surface area contributed by atoms with Crippen LogP contribution in [0.2, 0.25) is 0 Å². The van der Waals surface area contributed by atoms with Crippen LogP contribution in [0, 0.1) is 11.3 Å². The summed E-state index contributed by atoms with van der Waals surface area (Å²) in [4.78, 5) is 7.17. The monoisotopic (exact) mass is 221 g/mol. The normalized spacial score (nSPS) is 29.2. The molecule has 16 heavy (non-hydrogen) atoms. The molecule has 0 saturated heterocycles. The van der Waals surface area contributed by atoms with Gasteiger partial charge >= 0.3 is 0 Å². The molecule has 0 radical (unpaired) electrons. The lowest BCUT2D eigenvalue weighted by Crippen LogP contribution is -2.41. The number of nitrogens with one attached hydrogen (secondary N) is 2. The SMILES string of the molecule is CC1CC(C)(C)CCC1NCc1cnc[nH]1. The lowest BCUT2D eigenvalue weighted by molar-refractivity contribution is 0.148. The molecule has 0 amide bonds. The number of imidazole rings is 1. The van der Waals surface area contributed by atoms with Crippen LogP contribution in [0.15, 0.2) is 12.5 Å². The van der Waals surface area contributed by atoms with Crippen LogP contribution in [0.5, 0.6) is 0 Å². The molecule has 0 aliphatic heterocycles. The summed E-state index contributed by atoms with van der Waals surface area (Å²) < 4.78 is 0. The number of aromatic nitrogens is 2. The number of hydrogen-bond donors (Lipinski definition) is 2. The second kappa shape index (κ2) is 4.58. The van der Waals surface area contributed by atoms with E-state index >= 15 is 0 Å². The Morgan fingerprint density at radius 2 is 2.38 bits per heavy atom. The first-order valence-electron chi connectivity index (χ1n) is 6.27. The minimum Gasteiger partial charge on any atom is -0.347 e. The Bertz CT molecular complexity index is 316. The minimum absolute atomic E-state index is 0.533. The van der Waals surface area contributed by atoms with Crippen molar-refractivity contribution < 1.29 is 0 Å². The van der Waals surface area contributed by atoms with Crippen LogP contribution in [-0.2, 0) is 6.54 Å². The maximum atomic E-state index is 4.03. The van der Waals surface area contributed by atoms with Gasteiger partial charge in [-0.15, -0.1) is 0 Å². The molecule has 1 aliphatic rings. The Morgan fingerprint density at radius 1 is 1.56 bits per heavy atom. The highest BCUT2D eigenvalue weighted by Crippen LogP contribution is 2.38. The Labute approximate surface area is 98.1 Å². The van der Waals surface area contributed by atoms with Gasteiger partial charge in [0.25, 0.3) is 0 Å². The topological polar surface area (TPSA) is 40.7 Å². The number of nitrogens with zero attached hydrogens (tertiary/aromatic N) is 1. The first-order valence-corrected chi connectivity index (χ1v) is 6.27. The molecule has 1 saturated carbocycles. The summed E-state index contributed by atoms with van der Waals surface area (Å²) in [6, 6.07) is 0.663. The molecule has 1 aromatic rings. The Morgan fingerprint density at radius 3 is 3.00 bits per heavy atom. The van der Waals surface area contributed by atoms with Crippen LogP contribution < -0.4 is 5.32 Å². The van der Waals surface area contributed by atoms with E-state index in [4.69, 9.17) is 0 Å². The molecule has 0 spiro atoms. The van der Waals surface area contributed by atoms with Gasteiger partial charge in [0.15, 0.2) is 0 Å². The number of H-pyrrole nitrogens is 1. The standard InChI is InChI=1S/C13H23N3/c1-10-6-13(2,3)5-4-12(10)15-8-11-7-14-9-16-11/h7,9-10,12,15H,4-6,8H2,1-3H3,(H,14,16). The predicted molar refractivity (Wildman–Crippen MR) is 66.0 cm³/mol. The first-order chi connectivity index (χ1) is 7.57.